The van der Waals surface area contributed by atoms with Gasteiger partial charge in [-0.25, -0.2) is 4.39 Å². The highest BCUT2D eigenvalue weighted by molar-refractivity contribution is 5.97. The Morgan fingerprint density at radius 1 is 1.18 bits per heavy atom. The molecule has 0 aliphatic carbocycles. The van der Waals surface area contributed by atoms with Crippen molar-refractivity contribution >= 4 is 24.1 Å². The zero-order chi connectivity index (χ0) is 16.0. The molecule has 0 spiro atoms. The third kappa shape index (κ3) is 6.54. The van der Waals surface area contributed by atoms with Crippen molar-refractivity contribution in [2.24, 2.45) is 11.1 Å². The van der Waals surface area contributed by atoms with Gasteiger partial charge >= 0.3 is 0 Å². The Bertz CT molecular complexity index is 503. The highest BCUT2D eigenvalue weighted by Gasteiger charge is 2.21. The fourth-order valence-electron chi connectivity index (χ4n) is 1.99. The van der Waals surface area contributed by atoms with Crippen molar-refractivity contribution in [3.8, 4) is 0 Å². The molecule has 0 saturated carbocycles. The van der Waals surface area contributed by atoms with Gasteiger partial charge in [0.15, 0.2) is 5.78 Å². The van der Waals surface area contributed by atoms with Crippen LogP contribution in [0.15, 0.2) is 24.3 Å². The maximum absolute atomic E-state index is 12.8. The second-order valence-electron chi connectivity index (χ2n) is 6.05. The van der Waals surface area contributed by atoms with Crippen molar-refractivity contribution in [1.82, 2.24) is 4.90 Å². The summed E-state index contributed by atoms with van der Waals surface area (Å²) >= 11 is 0. The van der Waals surface area contributed by atoms with Crippen LogP contribution in [-0.4, -0.2) is 36.7 Å². The number of Topliss-reactive ketones (excluding diaryl/α,β-unsaturated/α-hetero) is 1. The van der Waals surface area contributed by atoms with Gasteiger partial charge in [-0.05, 0) is 36.2 Å². The van der Waals surface area contributed by atoms with Crippen molar-refractivity contribution in [1.29, 1.82) is 0 Å². The van der Waals surface area contributed by atoms with Crippen LogP contribution in [0.3, 0.4) is 0 Å². The molecule has 0 aliphatic heterocycles. The van der Waals surface area contributed by atoms with Crippen LogP contribution < -0.4 is 5.73 Å². The normalized spacial score (nSPS) is 10.8. The van der Waals surface area contributed by atoms with Gasteiger partial charge in [-0.1, -0.05) is 13.8 Å². The van der Waals surface area contributed by atoms with Gasteiger partial charge in [-0.2, -0.15) is 0 Å². The Balaban J connectivity index is 0.00000441. The number of amides is 1. The lowest BCUT2D eigenvalue weighted by atomic mass is 9.93. The highest BCUT2D eigenvalue weighted by atomic mass is 35.5. The number of hydrogen-bond donors (Lipinski definition) is 1. The minimum absolute atomic E-state index is 0. The summed E-state index contributed by atoms with van der Waals surface area (Å²) in [6, 6.07) is 5.35. The average Bonchev–Trinajstić information content (AvgIpc) is 2.44. The van der Waals surface area contributed by atoms with Gasteiger partial charge in [0.05, 0.1) is 0 Å². The highest BCUT2D eigenvalue weighted by Crippen LogP contribution is 2.15. The molecule has 1 aromatic carbocycles. The van der Waals surface area contributed by atoms with Gasteiger partial charge in [0.25, 0.3) is 0 Å². The molecule has 124 valence electrons. The van der Waals surface area contributed by atoms with E-state index in [2.05, 4.69) is 0 Å². The van der Waals surface area contributed by atoms with Gasteiger partial charge in [0.2, 0.25) is 5.91 Å². The van der Waals surface area contributed by atoms with Crippen LogP contribution in [0.1, 0.15) is 37.0 Å². The Labute approximate surface area is 137 Å². The number of nitrogens with zero attached hydrogens (tertiary/aromatic N) is 1. The van der Waals surface area contributed by atoms with Gasteiger partial charge in [0, 0.05) is 32.0 Å². The topological polar surface area (TPSA) is 63.4 Å². The lowest BCUT2D eigenvalue weighted by molar-refractivity contribution is -0.131. The van der Waals surface area contributed by atoms with E-state index in [9.17, 15) is 14.0 Å². The number of carbonyl (C=O) groups is 2. The van der Waals surface area contributed by atoms with E-state index in [1.54, 1.807) is 11.9 Å². The van der Waals surface area contributed by atoms with Crippen molar-refractivity contribution in [3.05, 3.63) is 35.6 Å². The molecule has 0 atom stereocenters. The molecule has 1 aromatic rings. The fraction of sp³-hybridized carbons (Fsp3) is 0.500. The Morgan fingerprint density at radius 2 is 1.73 bits per heavy atom. The monoisotopic (exact) mass is 330 g/mol. The second-order valence-corrected chi connectivity index (χ2v) is 6.05. The fourth-order valence-corrected chi connectivity index (χ4v) is 1.99. The summed E-state index contributed by atoms with van der Waals surface area (Å²) in [5.74, 6) is -0.631. The molecule has 0 unspecified atom stereocenters. The lowest BCUT2D eigenvalue weighted by Crippen LogP contribution is -2.39. The van der Waals surface area contributed by atoms with Crippen molar-refractivity contribution < 1.29 is 14.0 Å². The molecule has 0 bridgehead atoms. The third-order valence-electron chi connectivity index (χ3n) is 3.38. The first kappa shape index (κ1) is 20.5. The Kier molecular flexibility index (Phi) is 8.27. The first-order valence-electron chi connectivity index (χ1n) is 6.98. The maximum atomic E-state index is 12.8. The van der Waals surface area contributed by atoms with Crippen LogP contribution in [0.25, 0.3) is 0 Å². The van der Waals surface area contributed by atoms with E-state index in [1.165, 1.54) is 24.3 Å². The van der Waals surface area contributed by atoms with Crippen molar-refractivity contribution in [3.63, 3.8) is 0 Å². The molecule has 1 amide bonds. The lowest BCUT2D eigenvalue weighted by Gasteiger charge is -2.29. The molecule has 0 aromatic heterocycles. The van der Waals surface area contributed by atoms with E-state index in [4.69, 9.17) is 5.73 Å². The van der Waals surface area contributed by atoms with Crippen molar-refractivity contribution in [2.75, 3.05) is 20.1 Å². The average molecular weight is 331 g/mol. The summed E-state index contributed by atoms with van der Waals surface area (Å²) in [5.41, 5.74) is 5.92. The third-order valence-corrected chi connectivity index (χ3v) is 3.38. The number of halogens is 2. The van der Waals surface area contributed by atoms with Crippen LogP contribution in [0.5, 0.6) is 0 Å². The molecule has 6 heteroatoms. The molecule has 22 heavy (non-hydrogen) atoms. The minimum atomic E-state index is -0.383. The van der Waals surface area contributed by atoms with E-state index in [-0.39, 0.29) is 48.2 Å². The SMILES string of the molecule is CN(CC(C)(C)CN)C(=O)CCC(=O)c1ccc(F)cc1.Cl. The number of rotatable bonds is 7. The van der Waals surface area contributed by atoms with Crippen LogP contribution in [-0.2, 0) is 4.79 Å². The van der Waals surface area contributed by atoms with Gasteiger partial charge in [-0.3, -0.25) is 9.59 Å². The quantitative estimate of drug-likeness (QED) is 0.782. The number of carbonyl (C=O) groups excluding carboxylic acids is 2. The van der Waals surface area contributed by atoms with Gasteiger partial charge in [-0.15, -0.1) is 12.4 Å². The summed E-state index contributed by atoms with van der Waals surface area (Å²) in [6.45, 7) is 5.01. The van der Waals surface area contributed by atoms with Crippen LogP contribution >= 0.6 is 12.4 Å². The summed E-state index contributed by atoms with van der Waals surface area (Å²) in [5, 5.41) is 0. The van der Waals surface area contributed by atoms with Gasteiger partial charge in [0.1, 0.15) is 5.82 Å². The molecule has 0 radical (unpaired) electrons. The number of hydrogen-bond acceptors (Lipinski definition) is 3. The Hall–Kier alpha value is -1.46. The molecule has 2 N–H and O–H groups in total. The molecule has 0 heterocycles. The summed E-state index contributed by atoms with van der Waals surface area (Å²) < 4.78 is 12.8. The zero-order valence-electron chi connectivity index (χ0n) is 13.3. The van der Waals surface area contributed by atoms with E-state index in [1.807, 2.05) is 13.8 Å². The van der Waals surface area contributed by atoms with Crippen LogP contribution in [0, 0.1) is 11.2 Å². The first-order chi connectivity index (χ1) is 9.75. The summed E-state index contributed by atoms with van der Waals surface area (Å²) in [7, 11) is 1.71. The molecule has 1 rings (SSSR count). The number of ketones is 1. The van der Waals surface area contributed by atoms with E-state index in [0.29, 0.717) is 18.7 Å². The molecule has 4 nitrogen and oxygen atoms in total. The summed E-state index contributed by atoms with van der Waals surface area (Å²) in [6.07, 6.45) is 0.269. The van der Waals surface area contributed by atoms with E-state index < -0.39 is 0 Å². The number of benzene rings is 1. The van der Waals surface area contributed by atoms with Gasteiger partial charge < -0.3 is 10.6 Å². The smallest absolute Gasteiger partial charge is 0.222 e. The molecule has 0 fully saturated rings. The molecular formula is C16H24ClFN2O2. The maximum Gasteiger partial charge on any atom is 0.222 e. The van der Waals surface area contributed by atoms with Crippen LogP contribution in [0.2, 0.25) is 0 Å². The zero-order valence-corrected chi connectivity index (χ0v) is 14.1. The summed E-state index contributed by atoms with van der Waals surface area (Å²) in [4.78, 5) is 25.5. The second kappa shape index (κ2) is 8.86. The largest absolute Gasteiger partial charge is 0.345 e. The predicted octanol–water partition coefficient (Wildman–Crippen LogP) is 2.65. The number of nitrogens with two attached hydrogens (primary N) is 1. The first-order valence-corrected chi connectivity index (χ1v) is 6.98. The standard InChI is InChI=1S/C16H23FN2O2.ClH/c1-16(2,10-18)11-19(3)15(21)9-8-14(20)12-4-6-13(17)7-5-12;/h4-7H,8-11,18H2,1-3H3;1H. The molecule has 0 aliphatic rings. The van der Waals surface area contributed by atoms with Crippen LogP contribution in [0.4, 0.5) is 4.39 Å². The van der Waals surface area contributed by atoms with E-state index in [0.717, 1.165) is 0 Å². The molecule has 0 saturated heterocycles. The van der Waals surface area contributed by atoms with Crippen molar-refractivity contribution in [2.45, 2.75) is 26.7 Å². The Morgan fingerprint density at radius 3 is 2.23 bits per heavy atom. The predicted molar refractivity (Wildman–Crippen MR) is 87.7 cm³/mol. The molecular weight excluding hydrogens is 307 g/mol. The van der Waals surface area contributed by atoms with E-state index >= 15 is 0 Å². The minimum Gasteiger partial charge on any atom is -0.345 e.